The van der Waals surface area contributed by atoms with E-state index in [1.807, 2.05) is 0 Å². The van der Waals surface area contributed by atoms with Gasteiger partial charge in [0.2, 0.25) is 0 Å². The molecule has 1 aromatic carbocycles. The summed E-state index contributed by atoms with van der Waals surface area (Å²) in [6.45, 7) is 3.72. The molecule has 0 saturated heterocycles. The molecular formula is C14H14NO5-. The van der Waals surface area contributed by atoms with Gasteiger partial charge in [-0.15, -0.1) is 0 Å². The molecule has 6 nitrogen and oxygen atoms in total. The predicted octanol–water partition coefficient (Wildman–Crippen LogP) is 1.84. The summed E-state index contributed by atoms with van der Waals surface area (Å²) < 4.78 is 5.74. The Kier molecular flexibility index (Phi) is 3.74. The fourth-order valence-corrected chi connectivity index (χ4v) is 2.41. The van der Waals surface area contributed by atoms with Crippen molar-refractivity contribution < 1.29 is 19.6 Å². The third-order valence-electron chi connectivity index (χ3n) is 3.53. The van der Waals surface area contributed by atoms with Crippen molar-refractivity contribution in [1.82, 2.24) is 0 Å². The SMILES string of the molecule is C=CC1(Oc2cc(C(=O)[O-])ccc2[N+](=O)[O-])CCCC1. The first-order valence-corrected chi connectivity index (χ1v) is 6.30. The Morgan fingerprint density at radius 2 is 2.05 bits per heavy atom. The molecule has 2 rings (SSSR count). The van der Waals surface area contributed by atoms with Crippen LogP contribution in [0.4, 0.5) is 5.69 Å². The van der Waals surface area contributed by atoms with Crippen LogP contribution in [0.15, 0.2) is 30.9 Å². The van der Waals surface area contributed by atoms with Gasteiger partial charge in [0.1, 0.15) is 5.60 Å². The minimum absolute atomic E-state index is 0.0569. The number of carboxylic acid groups (broad SMARTS) is 1. The molecule has 0 radical (unpaired) electrons. The fourth-order valence-electron chi connectivity index (χ4n) is 2.41. The number of nitrogens with zero attached hydrogens (tertiary/aromatic N) is 1. The molecule has 0 aromatic heterocycles. The number of benzene rings is 1. The van der Waals surface area contributed by atoms with E-state index in [2.05, 4.69) is 6.58 Å². The van der Waals surface area contributed by atoms with Crippen LogP contribution in [-0.2, 0) is 0 Å². The first-order chi connectivity index (χ1) is 9.47. The van der Waals surface area contributed by atoms with Crippen molar-refractivity contribution >= 4 is 11.7 Å². The molecule has 1 aliphatic carbocycles. The third kappa shape index (κ3) is 2.64. The highest BCUT2D eigenvalue weighted by molar-refractivity contribution is 5.87. The summed E-state index contributed by atoms with van der Waals surface area (Å²) in [5.41, 5.74) is -1.07. The summed E-state index contributed by atoms with van der Waals surface area (Å²) in [6, 6.07) is 3.39. The lowest BCUT2D eigenvalue weighted by Crippen LogP contribution is -2.30. The number of rotatable bonds is 5. The molecule has 0 amide bonds. The fraction of sp³-hybridized carbons (Fsp3) is 0.357. The predicted molar refractivity (Wildman–Crippen MR) is 69.5 cm³/mol. The van der Waals surface area contributed by atoms with Crippen molar-refractivity contribution in [2.24, 2.45) is 0 Å². The zero-order valence-electron chi connectivity index (χ0n) is 10.8. The Hall–Kier alpha value is -2.37. The average Bonchev–Trinajstić information content (AvgIpc) is 2.87. The number of aromatic carboxylic acids is 1. The summed E-state index contributed by atoms with van der Waals surface area (Å²) in [5, 5.41) is 21.9. The minimum atomic E-state index is -1.40. The largest absolute Gasteiger partial charge is 0.545 e. The molecule has 0 unspecified atom stereocenters. The summed E-state index contributed by atoms with van der Waals surface area (Å²) in [5.74, 6) is -1.46. The van der Waals surface area contributed by atoms with E-state index in [1.54, 1.807) is 6.08 Å². The second-order valence-electron chi connectivity index (χ2n) is 4.81. The van der Waals surface area contributed by atoms with E-state index < -0.39 is 16.5 Å². The lowest BCUT2D eigenvalue weighted by Gasteiger charge is -2.26. The number of nitro groups is 1. The molecule has 20 heavy (non-hydrogen) atoms. The van der Waals surface area contributed by atoms with E-state index in [9.17, 15) is 20.0 Å². The van der Waals surface area contributed by atoms with Gasteiger partial charge in [-0.25, -0.2) is 0 Å². The van der Waals surface area contributed by atoms with E-state index in [1.165, 1.54) is 0 Å². The summed E-state index contributed by atoms with van der Waals surface area (Å²) in [7, 11) is 0. The highest BCUT2D eigenvalue weighted by Gasteiger charge is 2.34. The van der Waals surface area contributed by atoms with Gasteiger partial charge < -0.3 is 14.6 Å². The van der Waals surface area contributed by atoms with Crippen molar-refractivity contribution in [2.75, 3.05) is 0 Å². The maximum atomic E-state index is 11.0. The second-order valence-corrected chi connectivity index (χ2v) is 4.81. The Bertz CT molecular complexity index is 561. The Morgan fingerprint density at radius 3 is 2.55 bits per heavy atom. The van der Waals surface area contributed by atoms with Crippen LogP contribution in [0.1, 0.15) is 36.0 Å². The molecule has 0 heterocycles. The Morgan fingerprint density at radius 1 is 1.40 bits per heavy atom. The van der Waals surface area contributed by atoms with Gasteiger partial charge in [0.05, 0.1) is 10.9 Å². The average molecular weight is 276 g/mol. The smallest absolute Gasteiger partial charge is 0.311 e. The molecule has 106 valence electrons. The van der Waals surface area contributed by atoms with E-state index in [-0.39, 0.29) is 17.0 Å². The summed E-state index contributed by atoms with van der Waals surface area (Å²) in [6.07, 6.45) is 4.95. The van der Waals surface area contributed by atoms with Gasteiger partial charge in [0, 0.05) is 11.6 Å². The van der Waals surface area contributed by atoms with E-state index >= 15 is 0 Å². The maximum absolute atomic E-state index is 11.0. The van der Waals surface area contributed by atoms with Crippen LogP contribution in [-0.4, -0.2) is 16.5 Å². The lowest BCUT2D eigenvalue weighted by molar-refractivity contribution is -0.386. The molecule has 1 aromatic rings. The van der Waals surface area contributed by atoms with Crippen molar-refractivity contribution in [3.63, 3.8) is 0 Å². The van der Waals surface area contributed by atoms with Crippen molar-refractivity contribution in [3.8, 4) is 5.75 Å². The number of ether oxygens (including phenoxy) is 1. The van der Waals surface area contributed by atoms with Crippen molar-refractivity contribution in [1.29, 1.82) is 0 Å². The first-order valence-electron chi connectivity index (χ1n) is 6.30. The number of hydrogen-bond donors (Lipinski definition) is 0. The highest BCUT2D eigenvalue weighted by Crippen LogP contribution is 2.39. The van der Waals surface area contributed by atoms with Crippen LogP contribution in [0.3, 0.4) is 0 Å². The van der Waals surface area contributed by atoms with Gasteiger partial charge in [-0.1, -0.05) is 6.58 Å². The van der Waals surface area contributed by atoms with Gasteiger partial charge in [-0.3, -0.25) is 10.1 Å². The summed E-state index contributed by atoms with van der Waals surface area (Å²) >= 11 is 0. The molecule has 1 saturated carbocycles. The second kappa shape index (κ2) is 5.32. The molecule has 0 spiro atoms. The molecule has 0 atom stereocenters. The quantitative estimate of drug-likeness (QED) is 0.464. The highest BCUT2D eigenvalue weighted by atomic mass is 16.6. The van der Waals surface area contributed by atoms with Crippen LogP contribution in [0.25, 0.3) is 0 Å². The van der Waals surface area contributed by atoms with Crippen LogP contribution >= 0.6 is 0 Å². The molecule has 1 fully saturated rings. The van der Waals surface area contributed by atoms with Crippen molar-refractivity contribution in [3.05, 3.63) is 46.5 Å². The monoisotopic (exact) mass is 276 g/mol. The molecule has 0 aliphatic heterocycles. The lowest BCUT2D eigenvalue weighted by atomic mass is 10.0. The van der Waals surface area contributed by atoms with Gasteiger partial charge in [0.25, 0.3) is 0 Å². The van der Waals surface area contributed by atoms with Crippen LogP contribution in [0.5, 0.6) is 5.75 Å². The third-order valence-corrected chi connectivity index (χ3v) is 3.53. The molecule has 0 bridgehead atoms. The van der Waals surface area contributed by atoms with E-state index in [0.29, 0.717) is 12.8 Å². The van der Waals surface area contributed by atoms with E-state index in [0.717, 1.165) is 31.0 Å². The molecule has 6 heteroatoms. The molecule has 1 aliphatic rings. The standard InChI is InChI=1S/C14H15NO5/c1-2-14(7-3-4-8-14)20-12-9-10(13(16)17)5-6-11(12)15(18)19/h2,5-6,9H,1,3-4,7-8H2,(H,16,17)/p-1. The molecular weight excluding hydrogens is 262 g/mol. The molecule has 0 N–H and O–H groups in total. The number of carboxylic acids is 1. The van der Waals surface area contributed by atoms with Crippen LogP contribution < -0.4 is 9.84 Å². The van der Waals surface area contributed by atoms with Crippen molar-refractivity contribution in [2.45, 2.75) is 31.3 Å². The number of carbonyl (C=O) groups excluding carboxylic acids is 1. The summed E-state index contributed by atoms with van der Waals surface area (Å²) in [4.78, 5) is 21.3. The normalized spacial score (nSPS) is 16.6. The van der Waals surface area contributed by atoms with Gasteiger partial charge in [-0.2, -0.15) is 0 Å². The number of carbonyl (C=O) groups is 1. The van der Waals surface area contributed by atoms with Crippen LogP contribution in [0, 0.1) is 10.1 Å². The number of nitro benzene ring substituents is 1. The Balaban J connectivity index is 2.42. The zero-order valence-corrected chi connectivity index (χ0v) is 10.8. The zero-order chi connectivity index (χ0) is 14.8. The Labute approximate surface area is 115 Å². The first kappa shape index (κ1) is 14.0. The topological polar surface area (TPSA) is 92.5 Å². The van der Waals surface area contributed by atoms with Gasteiger partial charge in [0.15, 0.2) is 5.75 Å². The van der Waals surface area contributed by atoms with Gasteiger partial charge in [-0.05, 0) is 43.9 Å². The minimum Gasteiger partial charge on any atom is -0.545 e. The van der Waals surface area contributed by atoms with E-state index in [4.69, 9.17) is 4.74 Å². The van der Waals surface area contributed by atoms with Crippen LogP contribution in [0.2, 0.25) is 0 Å². The van der Waals surface area contributed by atoms with Gasteiger partial charge >= 0.3 is 5.69 Å². The number of hydrogen-bond acceptors (Lipinski definition) is 5. The maximum Gasteiger partial charge on any atom is 0.311 e.